The van der Waals surface area contributed by atoms with Gasteiger partial charge in [0.2, 0.25) is 5.91 Å². The molecule has 2 aliphatic rings. The number of aromatic nitrogens is 1. The number of aryl methyl sites for hydroxylation is 2. The van der Waals surface area contributed by atoms with Crippen LogP contribution >= 0.6 is 12.2 Å². The average molecular weight is 290 g/mol. The van der Waals surface area contributed by atoms with E-state index in [-0.39, 0.29) is 12.5 Å². The predicted molar refractivity (Wildman–Crippen MR) is 81.8 cm³/mol. The molecule has 1 heterocycles. The van der Waals surface area contributed by atoms with Gasteiger partial charge >= 0.3 is 0 Å². The minimum atomic E-state index is -0.0105. The van der Waals surface area contributed by atoms with Gasteiger partial charge in [-0.3, -0.25) is 4.79 Å². The summed E-state index contributed by atoms with van der Waals surface area (Å²) in [5, 5.41) is 6.00. The number of nitrogens with two attached hydrogens (primary N) is 1. The second-order valence-electron chi connectivity index (χ2n) is 5.40. The third-order valence-electron chi connectivity index (χ3n) is 3.68. The SMILES string of the molecule is NC(=S)c1cc2c(nc1NCC(=O)NC1CC1)CCC2. The van der Waals surface area contributed by atoms with Crippen molar-refractivity contribution in [1.82, 2.24) is 10.3 Å². The second kappa shape index (κ2) is 5.36. The highest BCUT2D eigenvalue weighted by atomic mass is 32.1. The molecule has 0 saturated heterocycles. The highest BCUT2D eigenvalue weighted by Crippen LogP contribution is 2.25. The van der Waals surface area contributed by atoms with Gasteiger partial charge in [0.05, 0.1) is 12.1 Å². The molecule has 1 aromatic rings. The number of carbonyl (C=O) groups excluding carboxylic acids is 1. The summed E-state index contributed by atoms with van der Waals surface area (Å²) in [5.41, 5.74) is 8.81. The van der Waals surface area contributed by atoms with Crippen molar-refractivity contribution in [2.75, 3.05) is 11.9 Å². The van der Waals surface area contributed by atoms with Crippen molar-refractivity contribution in [2.45, 2.75) is 38.1 Å². The summed E-state index contributed by atoms with van der Waals surface area (Å²) >= 11 is 5.08. The zero-order valence-electron chi connectivity index (χ0n) is 11.2. The van der Waals surface area contributed by atoms with Gasteiger partial charge < -0.3 is 16.4 Å². The number of fused-ring (bicyclic) bond motifs is 1. The van der Waals surface area contributed by atoms with Gasteiger partial charge in [-0.05, 0) is 43.7 Å². The van der Waals surface area contributed by atoms with Gasteiger partial charge in [-0.25, -0.2) is 4.98 Å². The monoisotopic (exact) mass is 290 g/mol. The van der Waals surface area contributed by atoms with Crippen molar-refractivity contribution in [3.8, 4) is 0 Å². The first-order chi connectivity index (χ1) is 9.63. The van der Waals surface area contributed by atoms with Crippen LogP contribution in [0.4, 0.5) is 5.82 Å². The van der Waals surface area contributed by atoms with Crippen molar-refractivity contribution < 1.29 is 4.79 Å². The van der Waals surface area contributed by atoms with Crippen LogP contribution < -0.4 is 16.4 Å². The number of pyridine rings is 1. The molecule has 106 valence electrons. The highest BCUT2D eigenvalue weighted by Gasteiger charge is 2.23. The molecule has 0 atom stereocenters. The summed E-state index contributed by atoms with van der Waals surface area (Å²) in [6.45, 7) is 0.206. The molecule has 1 aromatic heterocycles. The number of hydrogen-bond donors (Lipinski definition) is 3. The number of carbonyl (C=O) groups is 1. The molecule has 1 saturated carbocycles. The van der Waals surface area contributed by atoms with Crippen LogP contribution in [0.3, 0.4) is 0 Å². The summed E-state index contributed by atoms with van der Waals surface area (Å²) in [4.78, 5) is 16.6. The van der Waals surface area contributed by atoms with Crippen molar-refractivity contribution in [3.63, 3.8) is 0 Å². The van der Waals surface area contributed by atoms with Gasteiger partial charge in [0.25, 0.3) is 0 Å². The smallest absolute Gasteiger partial charge is 0.239 e. The quantitative estimate of drug-likeness (QED) is 0.702. The Bertz CT molecular complexity index is 569. The Balaban J connectivity index is 1.73. The number of amides is 1. The largest absolute Gasteiger partial charge is 0.389 e. The van der Waals surface area contributed by atoms with Crippen LogP contribution in [0.1, 0.15) is 36.1 Å². The van der Waals surface area contributed by atoms with Crippen LogP contribution in [0.5, 0.6) is 0 Å². The molecule has 0 radical (unpaired) electrons. The van der Waals surface area contributed by atoms with E-state index < -0.39 is 0 Å². The van der Waals surface area contributed by atoms with Gasteiger partial charge in [-0.15, -0.1) is 0 Å². The van der Waals surface area contributed by atoms with E-state index in [1.807, 2.05) is 6.07 Å². The summed E-state index contributed by atoms with van der Waals surface area (Å²) < 4.78 is 0. The third-order valence-corrected chi connectivity index (χ3v) is 3.90. The minimum Gasteiger partial charge on any atom is -0.389 e. The minimum absolute atomic E-state index is 0.0105. The maximum absolute atomic E-state index is 11.7. The van der Waals surface area contributed by atoms with Crippen molar-refractivity contribution in [2.24, 2.45) is 5.73 Å². The molecule has 0 unspecified atom stereocenters. The standard InChI is InChI=1S/C14H18N4OS/c15-13(20)10-6-8-2-1-3-11(8)18-14(10)16-7-12(19)17-9-4-5-9/h6,9H,1-5,7H2,(H2,15,20)(H,16,18)(H,17,19). The lowest BCUT2D eigenvalue weighted by molar-refractivity contribution is -0.119. The number of thiocarbonyl (C=S) groups is 1. The van der Waals surface area contributed by atoms with Crippen LogP contribution in [0, 0.1) is 0 Å². The fourth-order valence-electron chi connectivity index (χ4n) is 2.47. The zero-order valence-corrected chi connectivity index (χ0v) is 12.1. The molecule has 0 spiro atoms. The van der Waals surface area contributed by atoms with Crippen LogP contribution in [-0.4, -0.2) is 28.5 Å². The maximum Gasteiger partial charge on any atom is 0.239 e. The van der Waals surface area contributed by atoms with Crippen LogP contribution in [0.2, 0.25) is 0 Å². The van der Waals surface area contributed by atoms with Gasteiger partial charge in [0, 0.05) is 11.7 Å². The Hall–Kier alpha value is -1.69. The molecule has 20 heavy (non-hydrogen) atoms. The zero-order chi connectivity index (χ0) is 14.1. The van der Waals surface area contributed by atoms with E-state index in [0.29, 0.717) is 16.8 Å². The molecule has 0 bridgehead atoms. The van der Waals surface area contributed by atoms with Crippen molar-refractivity contribution in [1.29, 1.82) is 0 Å². The average Bonchev–Trinajstić information content (AvgIpc) is 3.10. The maximum atomic E-state index is 11.7. The number of rotatable bonds is 5. The predicted octanol–water partition coefficient (Wildman–Crippen LogP) is 0.895. The molecule has 2 aliphatic carbocycles. The lowest BCUT2D eigenvalue weighted by Gasteiger charge is -2.12. The highest BCUT2D eigenvalue weighted by molar-refractivity contribution is 7.80. The summed E-state index contributed by atoms with van der Waals surface area (Å²) in [6.07, 6.45) is 5.29. The Kier molecular flexibility index (Phi) is 3.56. The first kappa shape index (κ1) is 13.3. The Labute approximate surface area is 123 Å². The van der Waals surface area contributed by atoms with E-state index in [9.17, 15) is 4.79 Å². The molecule has 5 nitrogen and oxygen atoms in total. The van der Waals surface area contributed by atoms with Gasteiger partial charge in [0.15, 0.2) is 0 Å². The van der Waals surface area contributed by atoms with Crippen molar-refractivity contribution >= 4 is 28.9 Å². The van der Waals surface area contributed by atoms with Crippen LogP contribution in [0.25, 0.3) is 0 Å². The molecule has 0 aromatic carbocycles. The summed E-state index contributed by atoms with van der Waals surface area (Å²) in [5.74, 6) is 0.618. The normalized spacial score (nSPS) is 16.6. The summed E-state index contributed by atoms with van der Waals surface area (Å²) in [6, 6.07) is 2.38. The van der Waals surface area contributed by atoms with E-state index in [2.05, 4.69) is 15.6 Å². The Morgan fingerprint density at radius 2 is 2.25 bits per heavy atom. The molecule has 0 aliphatic heterocycles. The lowest BCUT2D eigenvalue weighted by Crippen LogP contribution is -2.32. The van der Waals surface area contributed by atoms with Crippen LogP contribution in [0.15, 0.2) is 6.07 Å². The third kappa shape index (κ3) is 2.90. The van der Waals surface area contributed by atoms with E-state index in [1.54, 1.807) is 0 Å². The van der Waals surface area contributed by atoms with Gasteiger partial charge in [0.1, 0.15) is 10.8 Å². The molecule has 6 heteroatoms. The number of nitrogens with one attached hydrogen (secondary N) is 2. The van der Waals surface area contributed by atoms with Gasteiger partial charge in [-0.1, -0.05) is 12.2 Å². The molecular formula is C14H18N4OS. The Morgan fingerprint density at radius 1 is 1.45 bits per heavy atom. The number of anilines is 1. The molecular weight excluding hydrogens is 272 g/mol. The molecule has 4 N–H and O–H groups in total. The van der Waals surface area contributed by atoms with E-state index in [1.165, 1.54) is 5.56 Å². The lowest BCUT2D eigenvalue weighted by atomic mass is 10.1. The molecule has 3 rings (SSSR count). The number of nitrogens with zero attached hydrogens (tertiary/aromatic N) is 1. The Morgan fingerprint density at radius 3 is 2.95 bits per heavy atom. The number of hydrogen-bond acceptors (Lipinski definition) is 4. The molecule has 1 amide bonds. The first-order valence-corrected chi connectivity index (χ1v) is 7.40. The topological polar surface area (TPSA) is 80.0 Å². The van der Waals surface area contributed by atoms with E-state index in [0.717, 1.165) is 43.4 Å². The van der Waals surface area contributed by atoms with Crippen LogP contribution in [-0.2, 0) is 17.6 Å². The fourth-order valence-corrected chi connectivity index (χ4v) is 2.62. The van der Waals surface area contributed by atoms with Crippen molar-refractivity contribution in [3.05, 3.63) is 22.9 Å². The second-order valence-corrected chi connectivity index (χ2v) is 5.84. The van der Waals surface area contributed by atoms with E-state index >= 15 is 0 Å². The first-order valence-electron chi connectivity index (χ1n) is 6.99. The summed E-state index contributed by atoms with van der Waals surface area (Å²) in [7, 11) is 0. The van der Waals surface area contributed by atoms with E-state index in [4.69, 9.17) is 18.0 Å². The molecule has 1 fully saturated rings. The fraction of sp³-hybridized carbons (Fsp3) is 0.500. The van der Waals surface area contributed by atoms with Gasteiger partial charge in [-0.2, -0.15) is 0 Å².